The molecule has 2 aliphatic rings. The highest BCUT2D eigenvalue weighted by atomic mass is 16.1. The Morgan fingerprint density at radius 1 is 1.20 bits per heavy atom. The van der Waals surface area contributed by atoms with Gasteiger partial charge in [0.2, 0.25) is 12.2 Å². The fourth-order valence-electron chi connectivity index (χ4n) is 3.56. The monoisotopic (exact) mass is 342 g/mol. The van der Waals surface area contributed by atoms with Gasteiger partial charge >= 0.3 is 0 Å². The molecule has 134 valence electrons. The van der Waals surface area contributed by atoms with Crippen molar-refractivity contribution in [1.82, 2.24) is 10.2 Å². The molecule has 0 amide bonds. The molecule has 0 radical (unpaired) electrons. The topological polar surface area (TPSA) is 74.1 Å². The number of nitrogens with zero attached hydrogens (tertiary/aromatic N) is 3. The van der Waals surface area contributed by atoms with Crippen LogP contribution in [0.15, 0.2) is 34.3 Å². The summed E-state index contributed by atoms with van der Waals surface area (Å²) in [5.74, 6) is 0. The van der Waals surface area contributed by atoms with Crippen LogP contribution in [0.4, 0.5) is 0 Å². The van der Waals surface area contributed by atoms with Crippen LogP contribution in [0.5, 0.6) is 0 Å². The molecular weight excluding hydrogens is 316 g/mol. The Bertz CT molecular complexity index is 651. The maximum Gasteiger partial charge on any atom is 0.235 e. The Kier molecular flexibility index (Phi) is 7.71. The average Bonchev–Trinajstić information content (AvgIpc) is 3.08. The van der Waals surface area contributed by atoms with E-state index < -0.39 is 0 Å². The third-order valence-electron chi connectivity index (χ3n) is 5.05. The molecule has 1 saturated carbocycles. The van der Waals surface area contributed by atoms with Gasteiger partial charge in [0, 0.05) is 18.6 Å². The summed E-state index contributed by atoms with van der Waals surface area (Å²) < 4.78 is 0. The molecule has 3 unspecified atom stereocenters. The second-order valence-corrected chi connectivity index (χ2v) is 6.59. The zero-order valence-electron chi connectivity index (χ0n) is 14.9. The van der Waals surface area contributed by atoms with E-state index in [9.17, 15) is 9.59 Å². The molecule has 1 fully saturated rings. The van der Waals surface area contributed by atoms with E-state index in [4.69, 9.17) is 0 Å². The molecule has 0 bridgehead atoms. The third-order valence-corrected chi connectivity index (χ3v) is 5.05. The third kappa shape index (κ3) is 5.45. The van der Waals surface area contributed by atoms with Gasteiger partial charge in [-0.25, -0.2) is 19.6 Å². The van der Waals surface area contributed by atoms with Crippen LogP contribution in [0.25, 0.3) is 0 Å². The van der Waals surface area contributed by atoms with Crippen LogP contribution in [0.2, 0.25) is 0 Å². The lowest BCUT2D eigenvalue weighted by Gasteiger charge is -2.32. The molecular formula is C19H26N4O2. The summed E-state index contributed by atoms with van der Waals surface area (Å²) in [6, 6.07) is 9.36. The first-order chi connectivity index (χ1) is 12.2. The Morgan fingerprint density at radius 2 is 1.96 bits per heavy atom. The SMILES string of the molecule is CN1Cc2ccccc2CC1CN=C=O.CNC1CCCC1N=C=O. The minimum Gasteiger partial charge on any atom is -0.315 e. The average molecular weight is 342 g/mol. The second-order valence-electron chi connectivity index (χ2n) is 6.59. The van der Waals surface area contributed by atoms with Crippen molar-refractivity contribution in [2.75, 3.05) is 20.6 Å². The van der Waals surface area contributed by atoms with E-state index in [1.807, 2.05) is 7.05 Å². The van der Waals surface area contributed by atoms with Crippen LogP contribution in [-0.4, -0.2) is 55.8 Å². The maximum absolute atomic E-state index is 10.1. The minimum atomic E-state index is 0.183. The smallest absolute Gasteiger partial charge is 0.235 e. The van der Waals surface area contributed by atoms with Gasteiger partial charge in [-0.05, 0) is 50.9 Å². The lowest BCUT2D eigenvalue weighted by molar-refractivity contribution is 0.221. The molecule has 1 aromatic rings. The fourth-order valence-corrected chi connectivity index (χ4v) is 3.56. The first-order valence-corrected chi connectivity index (χ1v) is 8.74. The molecule has 1 aliphatic carbocycles. The second kappa shape index (κ2) is 10.0. The molecule has 0 saturated heterocycles. The molecule has 6 heteroatoms. The van der Waals surface area contributed by atoms with Gasteiger partial charge in [0.15, 0.2) is 0 Å². The van der Waals surface area contributed by atoms with Gasteiger partial charge in [0.05, 0.1) is 12.6 Å². The Labute approximate surface area is 149 Å². The highest BCUT2D eigenvalue weighted by Crippen LogP contribution is 2.22. The lowest BCUT2D eigenvalue weighted by atomic mass is 9.94. The van der Waals surface area contributed by atoms with Gasteiger partial charge < -0.3 is 5.32 Å². The molecule has 25 heavy (non-hydrogen) atoms. The number of likely N-dealkylation sites (N-methyl/N-ethyl adjacent to an activating group) is 2. The molecule has 0 aromatic heterocycles. The van der Waals surface area contributed by atoms with Crippen LogP contribution >= 0.6 is 0 Å². The van der Waals surface area contributed by atoms with Crippen molar-refractivity contribution < 1.29 is 9.59 Å². The first-order valence-electron chi connectivity index (χ1n) is 8.74. The number of rotatable bonds is 4. The molecule has 6 nitrogen and oxygen atoms in total. The highest BCUT2D eigenvalue weighted by molar-refractivity contribution is 5.34. The first kappa shape index (κ1) is 19.2. The lowest BCUT2D eigenvalue weighted by Crippen LogP contribution is -2.39. The van der Waals surface area contributed by atoms with Crippen LogP contribution in [-0.2, 0) is 22.6 Å². The quantitative estimate of drug-likeness (QED) is 0.669. The zero-order valence-corrected chi connectivity index (χ0v) is 14.9. The summed E-state index contributed by atoms with van der Waals surface area (Å²) in [7, 11) is 3.98. The summed E-state index contributed by atoms with van der Waals surface area (Å²) >= 11 is 0. The van der Waals surface area contributed by atoms with E-state index in [-0.39, 0.29) is 6.04 Å². The highest BCUT2D eigenvalue weighted by Gasteiger charge is 2.25. The summed E-state index contributed by atoms with van der Waals surface area (Å²) in [6.45, 7) is 1.49. The van der Waals surface area contributed by atoms with Crippen molar-refractivity contribution in [1.29, 1.82) is 0 Å². The maximum atomic E-state index is 10.1. The van der Waals surface area contributed by atoms with Crippen molar-refractivity contribution in [2.24, 2.45) is 9.98 Å². The van der Waals surface area contributed by atoms with Gasteiger partial charge in [0.25, 0.3) is 0 Å². The van der Waals surface area contributed by atoms with Gasteiger partial charge in [0.1, 0.15) is 0 Å². The van der Waals surface area contributed by atoms with Crippen molar-refractivity contribution in [3.8, 4) is 0 Å². The summed E-state index contributed by atoms with van der Waals surface area (Å²) in [5, 5.41) is 3.13. The molecule has 0 spiro atoms. The largest absolute Gasteiger partial charge is 0.315 e. The summed E-state index contributed by atoms with van der Waals surface area (Å²) in [4.78, 5) is 29.6. The van der Waals surface area contributed by atoms with Crippen molar-refractivity contribution in [3.05, 3.63) is 35.4 Å². The van der Waals surface area contributed by atoms with E-state index in [0.29, 0.717) is 18.6 Å². The molecule has 1 aliphatic heterocycles. The van der Waals surface area contributed by atoms with Crippen LogP contribution in [0.3, 0.4) is 0 Å². The Balaban J connectivity index is 0.000000196. The predicted octanol–water partition coefficient (Wildman–Crippen LogP) is 1.84. The molecule has 3 atom stereocenters. The van der Waals surface area contributed by atoms with E-state index in [0.717, 1.165) is 25.8 Å². The zero-order chi connectivity index (χ0) is 18.1. The van der Waals surface area contributed by atoms with Gasteiger partial charge in [-0.3, -0.25) is 4.90 Å². The van der Waals surface area contributed by atoms with Gasteiger partial charge in [-0.15, -0.1) is 0 Å². The number of benzene rings is 1. The van der Waals surface area contributed by atoms with E-state index >= 15 is 0 Å². The molecule has 1 aromatic carbocycles. The van der Waals surface area contributed by atoms with E-state index in [1.54, 1.807) is 12.2 Å². The van der Waals surface area contributed by atoms with E-state index in [1.165, 1.54) is 17.5 Å². The van der Waals surface area contributed by atoms with E-state index in [2.05, 4.69) is 51.5 Å². The molecule has 3 rings (SSSR count). The normalized spacial score (nSPS) is 25.0. The van der Waals surface area contributed by atoms with Crippen LogP contribution in [0.1, 0.15) is 30.4 Å². The number of isocyanates is 2. The van der Waals surface area contributed by atoms with Crippen LogP contribution < -0.4 is 5.32 Å². The number of aliphatic imine (C=N–C) groups is 2. The fraction of sp³-hybridized carbons (Fsp3) is 0.579. The van der Waals surface area contributed by atoms with Crippen molar-refractivity contribution in [2.45, 2.75) is 50.4 Å². The minimum absolute atomic E-state index is 0.183. The van der Waals surface area contributed by atoms with Gasteiger partial charge in [-0.2, -0.15) is 0 Å². The number of carbonyl (C=O) groups excluding carboxylic acids is 2. The van der Waals surface area contributed by atoms with Crippen molar-refractivity contribution in [3.63, 3.8) is 0 Å². The predicted molar refractivity (Wildman–Crippen MR) is 97.0 cm³/mol. The summed E-state index contributed by atoms with van der Waals surface area (Å²) in [6.07, 6.45) is 7.51. The number of hydrogen-bond acceptors (Lipinski definition) is 6. The Morgan fingerprint density at radius 3 is 2.64 bits per heavy atom. The van der Waals surface area contributed by atoms with Crippen molar-refractivity contribution >= 4 is 12.2 Å². The summed E-state index contributed by atoms with van der Waals surface area (Å²) in [5.41, 5.74) is 2.76. The standard InChI is InChI=1S/C12H14N2O.C7H12N2O/c1-14-8-11-5-3-2-4-10(11)6-12(14)7-13-9-15;1-8-6-3-2-4-7(6)9-5-10/h2-5,12H,6-8H2,1H3;6-8H,2-4H2,1H3. The van der Waals surface area contributed by atoms with Gasteiger partial charge in [-0.1, -0.05) is 24.3 Å². The Hall–Kier alpha value is -2.10. The molecule has 1 heterocycles. The van der Waals surface area contributed by atoms with Crippen LogP contribution in [0, 0.1) is 0 Å². The molecule has 1 N–H and O–H groups in total. The number of fused-ring (bicyclic) bond motifs is 1. The number of hydrogen-bond donors (Lipinski definition) is 1. The number of nitrogens with one attached hydrogen (secondary N) is 1.